The van der Waals surface area contributed by atoms with Crippen LogP contribution in [-0.2, 0) is 11.3 Å². The summed E-state index contributed by atoms with van der Waals surface area (Å²) >= 11 is 7.41. The van der Waals surface area contributed by atoms with Crippen molar-refractivity contribution < 1.29 is 4.79 Å². The molecule has 4 aromatic rings. The molecule has 1 amide bonds. The van der Waals surface area contributed by atoms with E-state index in [0.29, 0.717) is 26.6 Å². The van der Waals surface area contributed by atoms with Crippen LogP contribution >= 0.6 is 22.9 Å². The summed E-state index contributed by atoms with van der Waals surface area (Å²) in [5.41, 5.74) is 0.791. The molecule has 2 heterocycles. The number of amides is 1. The van der Waals surface area contributed by atoms with Gasteiger partial charge < -0.3 is 5.32 Å². The van der Waals surface area contributed by atoms with Crippen LogP contribution in [0.3, 0.4) is 0 Å². The van der Waals surface area contributed by atoms with Gasteiger partial charge in [-0.1, -0.05) is 35.9 Å². The summed E-state index contributed by atoms with van der Waals surface area (Å²) in [6.07, 6.45) is 0. The number of hydrogen-bond donors (Lipinski definition) is 1. The third-order valence-electron chi connectivity index (χ3n) is 4.88. The first-order valence-corrected chi connectivity index (χ1v) is 10.4. The zero-order chi connectivity index (χ0) is 21.4. The molecule has 0 unspecified atom stereocenters. The van der Waals surface area contributed by atoms with Gasteiger partial charge in [-0.3, -0.25) is 14.2 Å². The van der Waals surface area contributed by atoms with Gasteiger partial charge in [-0.15, -0.1) is 11.3 Å². The number of carbonyl (C=O) groups excluding carboxylic acids is 1. The number of aryl methyl sites for hydroxylation is 2. The number of nitrogens with zero attached hydrogens (tertiary/aromatic N) is 2. The molecule has 152 valence electrons. The van der Waals surface area contributed by atoms with Crippen LogP contribution in [0.25, 0.3) is 15.9 Å². The third-order valence-corrected chi connectivity index (χ3v) is 6.34. The molecule has 0 bridgehead atoms. The molecule has 4 rings (SSSR count). The molecule has 0 aliphatic rings. The number of hydrogen-bond acceptors (Lipinski definition) is 4. The summed E-state index contributed by atoms with van der Waals surface area (Å²) in [5.74, 6) is -0.357. The summed E-state index contributed by atoms with van der Waals surface area (Å²) in [6.45, 7) is 3.52. The van der Waals surface area contributed by atoms with E-state index in [4.69, 9.17) is 11.6 Å². The molecule has 0 aliphatic carbocycles. The smallest absolute Gasteiger partial charge is 0.325 e. The predicted molar refractivity (Wildman–Crippen MR) is 121 cm³/mol. The van der Waals surface area contributed by atoms with E-state index in [-0.39, 0.29) is 12.5 Å². The number of thiophene rings is 1. The molecule has 0 saturated heterocycles. The van der Waals surface area contributed by atoms with Crippen LogP contribution < -0.4 is 16.6 Å². The molecule has 2 aromatic heterocycles. The van der Waals surface area contributed by atoms with Crippen molar-refractivity contribution in [2.75, 3.05) is 5.32 Å². The van der Waals surface area contributed by atoms with Crippen LogP contribution in [0.4, 0.5) is 5.69 Å². The molecule has 0 fully saturated rings. The van der Waals surface area contributed by atoms with E-state index in [0.717, 1.165) is 15.0 Å². The van der Waals surface area contributed by atoms with E-state index < -0.39 is 11.2 Å². The fraction of sp³-hybridized carbons (Fsp3) is 0.136. The molecule has 0 radical (unpaired) electrons. The first kappa shape index (κ1) is 20.1. The first-order valence-electron chi connectivity index (χ1n) is 9.23. The summed E-state index contributed by atoms with van der Waals surface area (Å²) in [5, 5.41) is 3.63. The van der Waals surface area contributed by atoms with Crippen LogP contribution in [0.5, 0.6) is 0 Å². The van der Waals surface area contributed by atoms with Crippen LogP contribution in [0, 0.1) is 13.8 Å². The van der Waals surface area contributed by atoms with Crippen LogP contribution in [0.2, 0.25) is 5.02 Å². The van der Waals surface area contributed by atoms with Crippen LogP contribution in [-0.4, -0.2) is 15.0 Å². The molecule has 2 aromatic carbocycles. The summed E-state index contributed by atoms with van der Waals surface area (Å²) < 4.78 is 2.42. The zero-order valence-corrected chi connectivity index (χ0v) is 17.9. The van der Waals surface area contributed by atoms with Gasteiger partial charge in [0.15, 0.2) is 0 Å². The van der Waals surface area contributed by atoms with Gasteiger partial charge in [0.2, 0.25) is 5.91 Å². The summed E-state index contributed by atoms with van der Waals surface area (Å²) in [7, 11) is 0. The van der Waals surface area contributed by atoms with E-state index in [2.05, 4.69) is 5.32 Å². The maximum atomic E-state index is 13.3. The van der Waals surface area contributed by atoms with Gasteiger partial charge >= 0.3 is 5.69 Å². The average Bonchev–Trinajstić information content (AvgIpc) is 3.01. The minimum absolute atomic E-state index is 0.218. The molecular weight excluding hydrogens is 422 g/mol. The van der Waals surface area contributed by atoms with Crippen molar-refractivity contribution in [2.24, 2.45) is 0 Å². The van der Waals surface area contributed by atoms with Crippen LogP contribution in [0.15, 0.2) is 64.2 Å². The zero-order valence-electron chi connectivity index (χ0n) is 16.3. The van der Waals surface area contributed by atoms with Crippen molar-refractivity contribution in [3.05, 3.63) is 90.9 Å². The van der Waals surface area contributed by atoms with Gasteiger partial charge in [-0.05, 0) is 49.7 Å². The summed E-state index contributed by atoms with van der Waals surface area (Å²) in [6, 6.07) is 15.5. The molecule has 6 nitrogen and oxygen atoms in total. The first-order chi connectivity index (χ1) is 14.4. The second kappa shape index (κ2) is 7.93. The normalized spacial score (nSPS) is 11.0. The minimum atomic E-state index is -0.584. The highest BCUT2D eigenvalue weighted by Crippen LogP contribution is 2.27. The molecule has 8 heteroatoms. The minimum Gasteiger partial charge on any atom is -0.325 e. The standard InChI is InChI=1S/C22H18ClN3O3S/c1-13-14(2)30-21-19(13)20(28)26(17-10-6-7-15(23)11-17)22(29)25(21)12-18(27)24-16-8-4-3-5-9-16/h3-11H,12H2,1-2H3,(H,24,27). The summed E-state index contributed by atoms with van der Waals surface area (Å²) in [4.78, 5) is 40.7. The Hall–Kier alpha value is -3.16. The second-order valence-electron chi connectivity index (χ2n) is 6.87. The lowest BCUT2D eigenvalue weighted by atomic mass is 10.2. The highest BCUT2D eigenvalue weighted by molar-refractivity contribution is 7.18. The number of benzene rings is 2. The highest BCUT2D eigenvalue weighted by atomic mass is 35.5. The van der Waals surface area contributed by atoms with E-state index in [1.807, 2.05) is 32.0 Å². The maximum absolute atomic E-state index is 13.3. The number of fused-ring (bicyclic) bond motifs is 1. The molecule has 0 spiro atoms. The van der Waals surface area contributed by atoms with Crippen molar-refractivity contribution in [1.82, 2.24) is 9.13 Å². The largest absolute Gasteiger partial charge is 0.337 e. The predicted octanol–water partition coefficient (Wildman–Crippen LogP) is 4.12. The van der Waals surface area contributed by atoms with E-state index in [1.165, 1.54) is 15.9 Å². The van der Waals surface area contributed by atoms with Gasteiger partial charge in [0.1, 0.15) is 11.4 Å². The Morgan fingerprint density at radius 3 is 2.50 bits per heavy atom. The second-order valence-corrected chi connectivity index (χ2v) is 8.51. The lowest BCUT2D eigenvalue weighted by Gasteiger charge is -2.13. The molecule has 1 N–H and O–H groups in total. The van der Waals surface area contributed by atoms with Gasteiger partial charge in [0.05, 0.1) is 11.1 Å². The van der Waals surface area contributed by atoms with Crippen LogP contribution in [0.1, 0.15) is 10.4 Å². The Bertz CT molecular complexity index is 1390. The van der Waals surface area contributed by atoms with Gasteiger partial charge in [0.25, 0.3) is 5.56 Å². The number of para-hydroxylation sites is 1. The van der Waals surface area contributed by atoms with Crippen molar-refractivity contribution in [2.45, 2.75) is 20.4 Å². The number of anilines is 1. The van der Waals surface area contributed by atoms with Crippen molar-refractivity contribution in [1.29, 1.82) is 0 Å². The molecule has 0 aliphatic heterocycles. The van der Waals surface area contributed by atoms with Crippen molar-refractivity contribution >= 4 is 44.7 Å². The quantitative estimate of drug-likeness (QED) is 0.519. The molecular formula is C22H18ClN3O3S. The number of nitrogens with one attached hydrogen (secondary N) is 1. The highest BCUT2D eigenvalue weighted by Gasteiger charge is 2.21. The Labute approximate surface area is 181 Å². The Morgan fingerprint density at radius 1 is 1.07 bits per heavy atom. The van der Waals surface area contributed by atoms with E-state index in [9.17, 15) is 14.4 Å². The van der Waals surface area contributed by atoms with Crippen molar-refractivity contribution in [3.8, 4) is 5.69 Å². The SMILES string of the molecule is Cc1sc2c(c1C)c(=O)n(-c1cccc(Cl)c1)c(=O)n2CC(=O)Nc1ccccc1. The monoisotopic (exact) mass is 439 g/mol. The molecule has 0 atom stereocenters. The number of aromatic nitrogens is 2. The fourth-order valence-corrected chi connectivity index (χ4v) is 4.63. The average molecular weight is 440 g/mol. The Kier molecular flexibility index (Phi) is 5.32. The number of rotatable bonds is 4. The number of carbonyl (C=O) groups is 1. The van der Waals surface area contributed by atoms with Gasteiger partial charge in [-0.25, -0.2) is 9.36 Å². The maximum Gasteiger partial charge on any atom is 0.337 e. The van der Waals surface area contributed by atoms with E-state index >= 15 is 0 Å². The van der Waals surface area contributed by atoms with Crippen molar-refractivity contribution in [3.63, 3.8) is 0 Å². The third kappa shape index (κ3) is 3.58. The lowest BCUT2D eigenvalue weighted by Crippen LogP contribution is -2.40. The van der Waals surface area contributed by atoms with Gasteiger partial charge in [-0.2, -0.15) is 0 Å². The molecule has 0 saturated carbocycles. The molecule has 30 heavy (non-hydrogen) atoms. The Morgan fingerprint density at radius 2 is 1.80 bits per heavy atom. The lowest BCUT2D eigenvalue weighted by molar-refractivity contribution is -0.116. The number of halogens is 1. The van der Waals surface area contributed by atoms with E-state index in [1.54, 1.807) is 36.4 Å². The fourth-order valence-electron chi connectivity index (χ4n) is 3.31. The Balaban J connectivity index is 1.90. The van der Waals surface area contributed by atoms with Gasteiger partial charge in [0, 0.05) is 15.6 Å². The topological polar surface area (TPSA) is 73.1 Å².